The van der Waals surface area contributed by atoms with Gasteiger partial charge in [-0.05, 0) is 50.3 Å². The molecule has 1 aromatic heterocycles. The summed E-state index contributed by atoms with van der Waals surface area (Å²) in [6.07, 6.45) is 3.20. The standard InChI is InChI=1S/C17H22N2O4/c1-2-22-17(21)9-15-14-8-13(5-6-16(14)23-19-15)18-12-4-3-11(7-12)10-20/h5-6,8,11-12,18,20H,2-4,7,9-10H2,1H3/t11-,12?/m1/s1. The van der Waals surface area contributed by atoms with Crippen LogP contribution in [0.1, 0.15) is 31.9 Å². The Kier molecular flexibility index (Phi) is 4.81. The second-order valence-corrected chi connectivity index (χ2v) is 6.02. The number of nitrogens with one attached hydrogen (secondary N) is 1. The number of hydrogen-bond donors (Lipinski definition) is 2. The predicted molar refractivity (Wildman–Crippen MR) is 86.2 cm³/mol. The van der Waals surface area contributed by atoms with Crippen molar-refractivity contribution >= 4 is 22.6 Å². The second kappa shape index (κ2) is 7.00. The van der Waals surface area contributed by atoms with Gasteiger partial charge in [0.25, 0.3) is 0 Å². The molecule has 0 amide bonds. The lowest BCUT2D eigenvalue weighted by Crippen LogP contribution is -2.16. The molecule has 0 saturated heterocycles. The maximum atomic E-state index is 11.6. The molecule has 1 fully saturated rings. The second-order valence-electron chi connectivity index (χ2n) is 6.02. The Morgan fingerprint density at radius 1 is 1.48 bits per heavy atom. The number of hydrogen-bond acceptors (Lipinski definition) is 6. The lowest BCUT2D eigenvalue weighted by atomic mass is 10.1. The molecule has 1 heterocycles. The first kappa shape index (κ1) is 15.8. The lowest BCUT2D eigenvalue weighted by Gasteiger charge is -2.14. The smallest absolute Gasteiger partial charge is 0.312 e. The van der Waals surface area contributed by atoms with E-state index in [0.29, 0.717) is 29.8 Å². The molecule has 1 unspecified atom stereocenters. The number of aromatic nitrogens is 1. The molecule has 23 heavy (non-hydrogen) atoms. The zero-order valence-electron chi connectivity index (χ0n) is 13.2. The zero-order chi connectivity index (χ0) is 16.2. The summed E-state index contributed by atoms with van der Waals surface area (Å²) >= 11 is 0. The van der Waals surface area contributed by atoms with Gasteiger partial charge in [0.1, 0.15) is 5.69 Å². The first-order chi connectivity index (χ1) is 11.2. The summed E-state index contributed by atoms with van der Waals surface area (Å²) in [6, 6.07) is 6.15. The maximum Gasteiger partial charge on any atom is 0.312 e. The van der Waals surface area contributed by atoms with E-state index in [4.69, 9.17) is 9.26 Å². The average Bonchev–Trinajstić information content (AvgIpc) is 3.15. The number of aliphatic hydroxyl groups excluding tert-OH is 1. The van der Waals surface area contributed by atoms with Crippen LogP contribution in [0.15, 0.2) is 22.7 Å². The third kappa shape index (κ3) is 3.64. The van der Waals surface area contributed by atoms with Crippen LogP contribution < -0.4 is 5.32 Å². The van der Waals surface area contributed by atoms with Crippen molar-refractivity contribution in [2.45, 2.75) is 38.6 Å². The average molecular weight is 318 g/mol. The van der Waals surface area contributed by atoms with Gasteiger partial charge in [-0.3, -0.25) is 4.79 Å². The quantitative estimate of drug-likeness (QED) is 0.796. The monoisotopic (exact) mass is 318 g/mol. The Labute approximate surface area is 134 Å². The van der Waals surface area contributed by atoms with Crippen LogP contribution in [0.2, 0.25) is 0 Å². The zero-order valence-corrected chi connectivity index (χ0v) is 13.2. The normalized spacial score (nSPS) is 20.8. The molecule has 6 heteroatoms. The highest BCUT2D eigenvalue weighted by Gasteiger charge is 2.24. The van der Waals surface area contributed by atoms with Crippen molar-refractivity contribution in [2.24, 2.45) is 5.92 Å². The van der Waals surface area contributed by atoms with Gasteiger partial charge in [-0.1, -0.05) is 5.16 Å². The number of esters is 1. The van der Waals surface area contributed by atoms with E-state index in [0.717, 1.165) is 30.3 Å². The number of carbonyl (C=O) groups excluding carboxylic acids is 1. The van der Waals surface area contributed by atoms with E-state index in [1.165, 1.54) is 0 Å². The number of fused-ring (bicyclic) bond motifs is 1. The molecule has 3 rings (SSSR count). The van der Waals surface area contributed by atoms with Crippen molar-refractivity contribution in [3.05, 3.63) is 23.9 Å². The topological polar surface area (TPSA) is 84.6 Å². The highest BCUT2D eigenvalue weighted by molar-refractivity contribution is 5.86. The SMILES string of the molecule is CCOC(=O)Cc1noc2ccc(NC3CC[C@@H](CO)C3)cc12. The van der Waals surface area contributed by atoms with E-state index < -0.39 is 0 Å². The lowest BCUT2D eigenvalue weighted by molar-refractivity contribution is -0.142. The molecule has 1 saturated carbocycles. The molecule has 1 aromatic carbocycles. The predicted octanol–water partition coefficient (Wildman–Crippen LogP) is 2.51. The number of aliphatic hydroxyl groups is 1. The Balaban J connectivity index is 1.74. The van der Waals surface area contributed by atoms with E-state index >= 15 is 0 Å². The van der Waals surface area contributed by atoms with Crippen molar-refractivity contribution in [1.29, 1.82) is 0 Å². The molecule has 0 spiro atoms. The van der Waals surface area contributed by atoms with Gasteiger partial charge in [0.05, 0.1) is 13.0 Å². The van der Waals surface area contributed by atoms with Gasteiger partial charge in [0, 0.05) is 23.7 Å². The van der Waals surface area contributed by atoms with Crippen LogP contribution in [0.5, 0.6) is 0 Å². The Morgan fingerprint density at radius 2 is 2.35 bits per heavy atom. The highest BCUT2D eigenvalue weighted by Crippen LogP contribution is 2.29. The molecule has 0 bridgehead atoms. The molecule has 2 atom stereocenters. The molecular formula is C17H22N2O4. The molecule has 6 nitrogen and oxygen atoms in total. The van der Waals surface area contributed by atoms with Gasteiger partial charge in [-0.2, -0.15) is 0 Å². The number of benzene rings is 1. The number of nitrogens with zero attached hydrogens (tertiary/aromatic N) is 1. The number of carbonyl (C=O) groups is 1. The van der Waals surface area contributed by atoms with Crippen LogP contribution in [0.3, 0.4) is 0 Å². The minimum absolute atomic E-state index is 0.111. The summed E-state index contributed by atoms with van der Waals surface area (Å²) < 4.78 is 10.2. The van der Waals surface area contributed by atoms with Crippen LogP contribution in [-0.2, 0) is 16.0 Å². The van der Waals surface area contributed by atoms with Gasteiger partial charge in [-0.15, -0.1) is 0 Å². The van der Waals surface area contributed by atoms with Gasteiger partial charge in [-0.25, -0.2) is 0 Å². The van der Waals surface area contributed by atoms with Crippen molar-refractivity contribution in [2.75, 3.05) is 18.5 Å². The van der Waals surface area contributed by atoms with Crippen molar-refractivity contribution in [3.8, 4) is 0 Å². The molecule has 0 radical (unpaired) electrons. The van der Waals surface area contributed by atoms with Gasteiger partial charge in [0.15, 0.2) is 5.58 Å². The van der Waals surface area contributed by atoms with Crippen molar-refractivity contribution < 1.29 is 19.2 Å². The van der Waals surface area contributed by atoms with Crippen LogP contribution in [0.25, 0.3) is 11.0 Å². The van der Waals surface area contributed by atoms with E-state index in [9.17, 15) is 9.90 Å². The number of rotatable bonds is 6. The fraction of sp³-hybridized carbons (Fsp3) is 0.529. The molecule has 124 valence electrons. The van der Waals surface area contributed by atoms with Crippen LogP contribution in [-0.4, -0.2) is 35.5 Å². The van der Waals surface area contributed by atoms with E-state index in [1.807, 2.05) is 18.2 Å². The molecule has 1 aliphatic rings. The maximum absolute atomic E-state index is 11.6. The fourth-order valence-corrected chi connectivity index (χ4v) is 3.16. The Morgan fingerprint density at radius 3 is 3.09 bits per heavy atom. The highest BCUT2D eigenvalue weighted by atomic mass is 16.5. The van der Waals surface area contributed by atoms with Crippen LogP contribution >= 0.6 is 0 Å². The van der Waals surface area contributed by atoms with Crippen molar-refractivity contribution in [3.63, 3.8) is 0 Å². The summed E-state index contributed by atoms with van der Waals surface area (Å²) in [5.74, 6) is 0.0915. The molecular weight excluding hydrogens is 296 g/mol. The first-order valence-corrected chi connectivity index (χ1v) is 8.11. The van der Waals surface area contributed by atoms with E-state index in [2.05, 4.69) is 10.5 Å². The Bertz CT molecular complexity index is 682. The Hall–Kier alpha value is -2.08. The van der Waals surface area contributed by atoms with Gasteiger partial charge in [0.2, 0.25) is 0 Å². The first-order valence-electron chi connectivity index (χ1n) is 8.11. The number of ether oxygens (including phenoxy) is 1. The van der Waals surface area contributed by atoms with Gasteiger partial charge < -0.3 is 19.7 Å². The van der Waals surface area contributed by atoms with Gasteiger partial charge >= 0.3 is 5.97 Å². The summed E-state index contributed by atoms with van der Waals surface area (Å²) in [5, 5.41) is 17.5. The minimum Gasteiger partial charge on any atom is -0.466 e. The minimum atomic E-state index is -0.303. The van der Waals surface area contributed by atoms with Crippen LogP contribution in [0, 0.1) is 5.92 Å². The third-order valence-corrected chi connectivity index (χ3v) is 4.33. The van der Waals surface area contributed by atoms with Crippen LogP contribution in [0.4, 0.5) is 5.69 Å². The summed E-state index contributed by atoms with van der Waals surface area (Å²) in [5.41, 5.74) is 2.24. The summed E-state index contributed by atoms with van der Waals surface area (Å²) in [4.78, 5) is 11.6. The molecule has 2 aromatic rings. The molecule has 1 aliphatic carbocycles. The van der Waals surface area contributed by atoms with Crippen molar-refractivity contribution in [1.82, 2.24) is 5.16 Å². The molecule has 2 N–H and O–H groups in total. The largest absolute Gasteiger partial charge is 0.466 e. The number of anilines is 1. The summed E-state index contributed by atoms with van der Waals surface area (Å²) in [7, 11) is 0. The fourth-order valence-electron chi connectivity index (χ4n) is 3.16. The third-order valence-electron chi connectivity index (χ3n) is 4.33. The molecule has 0 aliphatic heterocycles. The van der Waals surface area contributed by atoms with E-state index in [-0.39, 0.29) is 19.0 Å². The van der Waals surface area contributed by atoms with E-state index in [1.54, 1.807) is 6.92 Å². The summed E-state index contributed by atoms with van der Waals surface area (Å²) in [6.45, 7) is 2.39.